The number of aromatic nitrogens is 2. The van der Waals surface area contributed by atoms with Crippen molar-refractivity contribution < 1.29 is 23.0 Å². The minimum absolute atomic E-state index is 0.000553. The molecule has 7 nitrogen and oxygen atoms in total. The first-order chi connectivity index (χ1) is 15.5. The van der Waals surface area contributed by atoms with Crippen LogP contribution >= 0.6 is 0 Å². The number of pyridine rings is 1. The van der Waals surface area contributed by atoms with E-state index in [2.05, 4.69) is 20.6 Å². The Hall–Kier alpha value is -3.46. The number of nitrogens with one attached hydrogen (secondary N) is 3. The third-order valence-corrected chi connectivity index (χ3v) is 6.27. The highest BCUT2D eigenvalue weighted by atomic mass is 19.1. The van der Waals surface area contributed by atoms with Crippen molar-refractivity contribution in [3.05, 3.63) is 59.6 Å². The molecule has 1 aromatic carbocycles. The van der Waals surface area contributed by atoms with Crippen LogP contribution in [0.2, 0.25) is 0 Å². The van der Waals surface area contributed by atoms with Crippen LogP contribution in [0, 0.1) is 11.6 Å². The van der Waals surface area contributed by atoms with Crippen LogP contribution in [0.3, 0.4) is 0 Å². The van der Waals surface area contributed by atoms with Gasteiger partial charge in [-0.05, 0) is 31.0 Å². The number of aromatic amines is 1. The number of fused-ring (bicyclic) bond motifs is 2. The van der Waals surface area contributed by atoms with Gasteiger partial charge in [0.05, 0.1) is 35.9 Å². The maximum absolute atomic E-state index is 14.8. The Morgan fingerprint density at radius 1 is 1.19 bits per heavy atom. The summed E-state index contributed by atoms with van der Waals surface area (Å²) in [4.78, 5) is 20.2. The molecule has 1 spiro atoms. The van der Waals surface area contributed by atoms with Crippen LogP contribution in [-0.2, 0) is 10.2 Å². The Labute approximate surface area is 183 Å². The second-order valence-electron chi connectivity index (χ2n) is 8.00. The number of hydrogen-bond acceptors (Lipinski definition) is 5. The SMILES string of the molecule is COc1c(F)cccc1Nc1c(-c2ccncc2F)[nH]c2c1C(=O)NCC21CCOCC1. The topological polar surface area (TPSA) is 88.3 Å². The monoisotopic (exact) mass is 440 g/mol. The van der Waals surface area contributed by atoms with Crippen molar-refractivity contribution in [3.8, 4) is 17.0 Å². The Morgan fingerprint density at radius 3 is 2.75 bits per heavy atom. The Balaban J connectivity index is 1.74. The number of carbonyl (C=O) groups is 1. The summed E-state index contributed by atoms with van der Waals surface area (Å²) in [6, 6.07) is 5.99. The van der Waals surface area contributed by atoms with Crippen molar-refractivity contribution in [1.29, 1.82) is 0 Å². The van der Waals surface area contributed by atoms with Gasteiger partial charge in [0.2, 0.25) is 0 Å². The minimum Gasteiger partial charge on any atom is -0.492 e. The minimum atomic E-state index is -0.552. The van der Waals surface area contributed by atoms with Crippen molar-refractivity contribution in [2.75, 3.05) is 32.2 Å². The van der Waals surface area contributed by atoms with Gasteiger partial charge in [-0.3, -0.25) is 9.78 Å². The van der Waals surface area contributed by atoms with Gasteiger partial charge in [-0.15, -0.1) is 0 Å². The van der Waals surface area contributed by atoms with E-state index in [0.29, 0.717) is 55.2 Å². The summed E-state index contributed by atoms with van der Waals surface area (Å²) < 4.78 is 39.9. The number of rotatable bonds is 4. The van der Waals surface area contributed by atoms with Crippen LogP contribution in [0.4, 0.5) is 20.2 Å². The highest BCUT2D eigenvalue weighted by molar-refractivity contribution is 6.07. The van der Waals surface area contributed by atoms with Gasteiger partial charge in [-0.25, -0.2) is 8.78 Å². The van der Waals surface area contributed by atoms with E-state index in [-0.39, 0.29) is 22.6 Å². The lowest BCUT2D eigenvalue weighted by atomic mass is 9.73. The Kier molecular flexibility index (Phi) is 5.05. The molecule has 2 aliphatic rings. The van der Waals surface area contributed by atoms with E-state index in [1.165, 1.54) is 31.5 Å². The van der Waals surface area contributed by atoms with E-state index < -0.39 is 11.6 Å². The molecular weight excluding hydrogens is 418 g/mol. The fourth-order valence-electron chi connectivity index (χ4n) is 4.59. The second-order valence-corrected chi connectivity index (χ2v) is 8.00. The molecule has 3 N–H and O–H groups in total. The average molecular weight is 440 g/mol. The molecule has 2 aliphatic heterocycles. The molecule has 9 heteroatoms. The number of H-pyrrole nitrogens is 1. The van der Waals surface area contributed by atoms with E-state index in [1.807, 2.05) is 0 Å². The summed E-state index contributed by atoms with van der Waals surface area (Å²) in [7, 11) is 1.36. The number of halogens is 2. The van der Waals surface area contributed by atoms with Gasteiger partial charge in [0.25, 0.3) is 5.91 Å². The first-order valence-corrected chi connectivity index (χ1v) is 10.4. The van der Waals surface area contributed by atoms with Gasteiger partial charge in [-0.1, -0.05) is 6.07 Å². The van der Waals surface area contributed by atoms with Crippen molar-refractivity contribution >= 4 is 17.3 Å². The molecule has 4 heterocycles. The predicted octanol–water partition coefficient (Wildman–Crippen LogP) is 3.90. The molecule has 166 valence electrons. The standard InChI is InChI=1S/C23H22F2N4O3/c1-31-20-14(24)3-2-4-16(20)28-19-17-21(29-18(19)13-5-8-26-11-15(13)25)23(12-27-22(17)30)6-9-32-10-7-23/h2-5,8,11,28-29H,6-7,9-10,12H2,1H3,(H,27,30). The number of carbonyl (C=O) groups excluding carboxylic acids is 1. The maximum Gasteiger partial charge on any atom is 0.255 e. The summed E-state index contributed by atoms with van der Waals surface area (Å²) >= 11 is 0. The smallest absolute Gasteiger partial charge is 0.255 e. The predicted molar refractivity (Wildman–Crippen MR) is 114 cm³/mol. The summed E-state index contributed by atoms with van der Waals surface area (Å²) in [6.07, 6.45) is 4.02. The van der Waals surface area contributed by atoms with Gasteiger partial charge in [-0.2, -0.15) is 0 Å². The molecule has 32 heavy (non-hydrogen) atoms. The number of ether oxygens (including phenoxy) is 2. The van der Waals surface area contributed by atoms with Crippen LogP contribution < -0.4 is 15.4 Å². The normalized spacial score (nSPS) is 17.0. The molecule has 0 aliphatic carbocycles. The molecule has 5 rings (SSSR count). The largest absolute Gasteiger partial charge is 0.492 e. The number of benzene rings is 1. The van der Waals surface area contributed by atoms with Crippen LogP contribution in [0.5, 0.6) is 5.75 Å². The Bertz CT molecular complexity index is 1190. The molecule has 1 fully saturated rings. The summed E-state index contributed by atoms with van der Waals surface area (Å²) in [5.41, 5.74) is 2.09. The van der Waals surface area contributed by atoms with Crippen LogP contribution in [0.15, 0.2) is 36.7 Å². The van der Waals surface area contributed by atoms with Gasteiger partial charge < -0.3 is 25.1 Å². The molecule has 0 saturated carbocycles. The molecule has 3 aromatic rings. The van der Waals surface area contributed by atoms with Crippen LogP contribution in [0.1, 0.15) is 28.9 Å². The zero-order chi connectivity index (χ0) is 22.3. The lowest BCUT2D eigenvalue weighted by molar-refractivity contribution is 0.0443. The van der Waals surface area contributed by atoms with Crippen LogP contribution in [-0.4, -0.2) is 42.7 Å². The van der Waals surface area contributed by atoms with Gasteiger partial charge in [0.15, 0.2) is 17.4 Å². The zero-order valence-electron chi connectivity index (χ0n) is 17.4. The second kappa shape index (κ2) is 7.90. The quantitative estimate of drug-likeness (QED) is 0.573. The van der Waals surface area contributed by atoms with Gasteiger partial charge in [0.1, 0.15) is 0 Å². The first-order valence-electron chi connectivity index (χ1n) is 10.4. The molecule has 0 bridgehead atoms. The highest BCUT2D eigenvalue weighted by Gasteiger charge is 2.44. The fourth-order valence-corrected chi connectivity index (χ4v) is 4.59. The molecular formula is C23H22F2N4O3. The summed E-state index contributed by atoms with van der Waals surface area (Å²) in [6.45, 7) is 1.59. The maximum atomic E-state index is 14.8. The third kappa shape index (κ3) is 3.20. The first kappa shape index (κ1) is 20.4. The molecule has 1 saturated heterocycles. The number of anilines is 2. The molecule has 1 amide bonds. The lowest BCUT2D eigenvalue weighted by Gasteiger charge is -2.40. The zero-order valence-corrected chi connectivity index (χ0v) is 17.4. The highest BCUT2D eigenvalue weighted by Crippen LogP contribution is 2.46. The molecule has 2 aromatic heterocycles. The fraction of sp³-hybridized carbons (Fsp3) is 0.304. The van der Waals surface area contributed by atoms with Gasteiger partial charge in [0, 0.05) is 42.6 Å². The lowest BCUT2D eigenvalue weighted by Crippen LogP contribution is -2.49. The Morgan fingerprint density at radius 2 is 2.00 bits per heavy atom. The van der Waals surface area contributed by atoms with Gasteiger partial charge >= 0.3 is 0 Å². The third-order valence-electron chi connectivity index (χ3n) is 6.27. The number of amides is 1. The summed E-state index contributed by atoms with van der Waals surface area (Å²) in [5.74, 6) is -1.38. The number of methoxy groups -OCH3 is 1. The molecule has 0 atom stereocenters. The van der Waals surface area contributed by atoms with Crippen molar-refractivity contribution in [2.24, 2.45) is 0 Å². The number of hydrogen-bond donors (Lipinski definition) is 3. The van der Waals surface area contributed by atoms with Crippen molar-refractivity contribution in [3.63, 3.8) is 0 Å². The molecule has 0 radical (unpaired) electrons. The van der Waals surface area contributed by atoms with E-state index >= 15 is 0 Å². The van der Waals surface area contributed by atoms with Crippen molar-refractivity contribution in [1.82, 2.24) is 15.3 Å². The van der Waals surface area contributed by atoms with E-state index in [1.54, 1.807) is 6.07 Å². The number of para-hydroxylation sites is 1. The average Bonchev–Trinajstić information content (AvgIpc) is 3.18. The molecule has 0 unspecified atom stereocenters. The van der Waals surface area contributed by atoms with E-state index in [4.69, 9.17) is 9.47 Å². The number of nitrogens with zero attached hydrogens (tertiary/aromatic N) is 1. The van der Waals surface area contributed by atoms with E-state index in [0.717, 1.165) is 11.9 Å². The summed E-state index contributed by atoms with van der Waals surface area (Å²) in [5, 5.41) is 6.12. The van der Waals surface area contributed by atoms with Crippen molar-refractivity contribution in [2.45, 2.75) is 18.3 Å². The van der Waals surface area contributed by atoms with Crippen LogP contribution in [0.25, 0.3) is 11.3 Å². The van der Waals surface area contributed by atoms with E-state index in [9.17, 15) is 13.6 Å².